The van der Waals surface area contributed by atoms with Crippen LogP contribution in [-0.4, -0.2) is 17.3 Å². The smallest absolute Gasteiger partial charge is 0.167 e. The summed E-state index contributed by atoms with van der Waals surface area (Å²) in [5.41, 5.74) is 6.13. The highest BCUT2D eigenvalue weighted by Crippen LogP contribution is 2.29. The van der Waals surface area contributed by atoms with Crippen LogP contribution < -0.4 is 5.73 Å². The number of nitrogens with zero attached hydrogens (tertiary/aromatic N) is 1. The number of nitrogen functional groups attached to an aromatic ring is 1. The summed E-state index contributed by atoms with van der Waals surface area (Å²) in [5, 5.41) is 6.13. The van der Waals surface area contributed by atoms with Crippen molar-refractivity contribution < 1.29 is 13.5 Å². The molecule has 0 spiro atoms. The molecule has 2 aromatic rings. The number of hydrogen-bond acceptors (Lipinski definition) is 3. The van der Waals surface area contributed by atoms with E-state index < -0.39 is 11.6 Å². The van der Waals surface area contributed by atoms with Crippen molar-refractivity contribution in [2.75, 3.05) is 12.8 Å². The fraction of sp³-hybridized carbons (Fsp3) is 0.182. The van der Waals surface area contributed by atoms with Gasteiger partial charge in [0.15, 0.2) is 11.6 Å². The van der Waals surface area contributed by atoms with Crippen molar-refractivity contribution >= 4 is 5.82 Å². The van der Waals surface area contributed by atoms with Gasteiger partial charge in [0, 0.05) is 23.8 Å². The molecule has 0 saturated carbocycles. The van der Waals surface area contributed by atoms with Crippen LogP contribution in [0, 0.1) is 11.6 Å². The van der Waals surface area contributed by atoms with Crippen LogP contribution in [0.25, 0.3) is 11.1 Å². The van der Waals surface area contributed by atoms with Gasteiger partial charge in [0.25, 0.3) is 0 Å². The van der Waals surface area contributed by atoms with E-state index in [-0.39, 0.29) is 23.6 Å². The number of rotatable bonds is 3. The Morgan fingerprint density at radius 3 is 2.65 bits per heavy atom. The van der Waals surface area contributed by atoms with Crippen LogP contribution in [0.5, 0.6) is 0 Å². The number of benzene rings is 1. The van der Waals surface area contributed by atoms with Crippen LogP contribution >= 0.6 is 0 Å². The van der Waals surface area contributed by atoms with Gasteiger partial charge >= 0.3 is 0 Å². The molecule has 0 aliphatic carbocycles. The van der Waals surface area contributed by atoms with Gasteiger partial charge in [-0.15, -0.1) is 0 Å². The summed E-state index contributed by atoms with van der Waals surface area (Å²) < 4.78 is 32.2. The molecule has 0 saturated heterocycles. The number of anilines is 1. The second-order valence-corrected chi connectivity index (χ2v) is 3.53. The first kappa shape index (κ1) is 11.5. The molecule has 1 heterocycles. The molecular formula is C11H11F2N3O. The predicted molar refractivity (Wildman–Crippen MR) is 59.1 cm³/mol. The molecule has 6 heteroatoms. The van der Waals surface area contributed by atoms with E-state index in [2.05, 4.69) is 10.2 Å². The van der Waals surface area contributed by atoms with E-state index in [1.165, 1.54) is 25.4 Å². The summed E-state index contributed by atoms with van der Waals surface area (Å²) in [6.07, 6.45) is 1.35. The van der Waals surface area contributed by atoms with E-state index in [1.807, 2.05) is 0 Å². The van der Waals surface area contributed by atoms with Gasteiger partial charge in [0.1, 0.15) is 5.82 Å². The summed E-state index contributed by atoms with van der Waals surface area (Å²) in [6, 6.07) is 2.91. The molecule has 17 heavy (non-hydrogen) atoms. The van der Waals surface area contributed by atoms with Gasteiger partial charge in [-0.05, 0) is 0 Å². The highest BCUT2D eigenvalue weighted by Gasteiger charge is 2.16. The lowest BCUT2D eigenvalue weighted by molar-refractivity contribution is 0.180. The predicted octanol–water partition coefficient (Wildman–Crippen LogP) is 2.08. The van der Waals surface area contributed by atoms with E-state index in [0.29, 0.717) is 5.56 Å². The maximum absolute atomic E-state index is 13.8. The maximum Gasteiger partial charge on any atom is 0.167 e. The summed E-state index contributed by atoms with van der Waals surface area (Å²) >= 11 is 0. The summed E-state index contributed by atoms with van der Waals surface area (Å²) in [4.78, 5) is 0. The Morgan fingerprint density at radius 2 is 2.06 bits per heavy atom. The number of nitrogens with two attached hydrogens (primary N) is 1. The molecule has 0 aliphatic heterocycles. The monoisotopic (exact) mass is 239 g/mol. The van der Waals surface area contributed by atoms with Crippen molar-refractivity contribution in [2.24, 2.45) is 0 Å². The molecule has 2 rings (SSSR count). The first-order valence-electron chi connectivity index (χ1n) is 4.90. The van der Waals surface area contributed by atoms with Crippen molar-refractivity contribution in [1.29, 1.82) is 0 Å². The van der Waals surface area contributed by atoms with E-state index in [9.17, 15) is 8.78 Å². The molecule has 0 aliphatic rings. The number of aromatic amines is 1. The number of hydrogen-bond donors (Lipinski definition) is 2. The average Bonchev–Trinajstić information content (AvgIpc) is 2.72. The van der Waals surface area contributed by atoms with Crippen molar-refractivity contribution in [2.45, 2.75) is 6.61 Å². The summed E-state index contributed by atoms with van der Waals surface area (Å²) in [5.74, 6) is -1.68. The highest BCUT2D eigenvalue weighted by atomic mass is 19.2. The second kappa shape index (κ2) is 4.50. The first-order valence-corrected chi connectivity index (χ1v) is 4.90. The first-order chi connectivity index (χ1) is 8.15. The molecule has 1 aromatic heterocycles. The van der Waals surface area contributed by atoms with Gasteiger partial charge in [0.2, 0.25) is 0 Å². The van der Waals surface area contributed by atoms with Crippen LogP contribution in [-0.2, 0) is 11.3 Å². The minimum absolute atomic E-state index is 0.0178. The molecule has 4 nitrogen and oxygen atoms in total. The van der Waals surface area contributed by atoms with Gasteiger partial charge in [-0.2, -0.15) is 5.10 Å². The second-order valence-electron chi connectivity index (χ2n) is 3.53. The van der Waals surface area contributed by atoms with Crippen LogP contribution in [0.1, 0.15) is 5.56 Å². The topological polar surface area (TPSA) is 63.9 Å². The third kappa shape index (κ3) is 1.99. The van der Waals surface area contributed by atoms with E-state index >= 15 is 0 Å². The van der Waals surface area contributed by atoms with Gasteiger partial charge < -0.3 is 10.5 Å². The van der Waals surface area contributed by atoms with E-state index in [4.69, 9.17) is 10.5 Å². The molecule has 3 N–H and O–H groups in total. The highest BCUT2D eigenvalue weighted by molar-refractivity contribution is 5.73. The standard InChI is InChI=1S/C11H11F2N3O/c1-17-5-6-2-3-7(10(13)9(6)12)8-4-15-16-11(8)14/h2-4H,5H2,1H3,(H3,14,15,16). The zero-order valence-electron chi connectivity index (χ0n) is 9.13. The van der Waals surface area contributed by atoms with Crippen LogP contribution in [0.15, 0.2) is 18.3 Å². The fourth-order valence-corrected chi connectivity index (χ4v) is 1.58. The minimum atomic E-state index is -0.951. The van der Waals surface area contributed by atoms with Crippen LogP contribution in [0.2, 0.25) is 0 Å². The van der Waals surface area contributed by atoms with Crippen molar-refractivity contribution in [3.8, 4) is 11.1 Å². The largest absolute Gasteiger partial charge is 0.384 e. The summed E-state index contributed by atoms with van der Waals surface area (Å²) in [7, 11) is 1.42. The molecular weight excluding hydrogens is 228 g/mol. The van der Waals surface area contributed by atoms with Gasteiger partial charge in [-0.1, -0.05) is 12.1 Å². The third-order valence-corrected chi connectivity index (χ3v) is 2.42. The molecule has 0 radical (unpaired) electrons. The van der Waals surface area contributed by atoms with E-state index in [0.717, 1.165) is 0 Å². The lowest BCUT2D eigenvalue weighted by atomic mass is 10.1. The zero-order valence-corrected chi connectivity index (χ0v) is 9.13. The molecule has 0 amide bonds. The quantitative estimate of drug-likeness (QED) is 0.861. The Hall–Kier alpha value is -1.95. The average molecular weight is 239 g/mol. The number of methoxy groups -OCH3 is 1. The van der Waals surface area contributed by atoms with Crippen LogP contribution in [0.4, 0.5) is 14.6 Å². The molecule has 0 atom stereocenters. The van der Waals surface area contributed by atoms with Gasteiger partial charge in [-0.25, -0.2) is 8.78 Å². The molecule has 90 valence electrons. The number of nitrogens with one attached hydrogen (secondary N) is 1. The minimum Gasteiger partial charge on any atom is -0.384 e. The summed E-state index contributed by atoms with van der Waals surface area (Å²) in [6.45, 7) is 0.0178. The molecule has 0 unspecified atom stereocenters. The van der Waals surface area contributed by atoms with Crippen molar-refractivity contribution in [3.05, 3.63) is 35.5 Å². The zero-order chi connectivity index (χ0) is 12.4. The number of aromatic nitrogens is 2. The Morgan fingerprint density at radius 1 is 1.29 bits per heavy atom. The van der Waals surface area contributed by atoms with Crippen molar-refractivity contribution in [1.82, 2.24) is 10.2 Å². The normalized spacial score (nSPS) is 10.8. The Kier molecular flexibility index (Phi) is 3.06. The van der Waals surface area contributed by atoms with Gasteiger partial charge in [-0.3, -0.25) is 5.10 Å². The fourth-order valence-electron chi connectivity index (χ4n) is 1.58. The maximum atomic E-state index is 13.8. The number of halogens is 2. The SMILES string of the molecule is COCc1ccc(-c2cn[nH]c2N)c(F)c1F. The molecule has 0 bridgehead atoms. The van der Waals surface area contributed by atoms with Crippen molar-refractivity contribution in [3.63, 3.8) is 0 Å². The lowest BCUT2D eigenvalue weighted by Crippen LogP contribution is -1.99. The Labute approximate surface area is 96.4 Å². The number of ether oxygens (including phenoxy) is 1. The Balaban J connectivity index is 2.51. The molecule has 1 aromatic carbocycles. The lowest BCUT2D eigenvalue weighted by Gasteiger charge is -2.07. The van der Waals surface area contributed by atoms with Crippen LogP contribution in [0.3, 0.4) is 0 Å². The third-order valence-electron chi connectivity index (χ3n) is 2.42. The number of H-pyrrole nitrogens is 1. The molecule has 0 fully saturated rings. The van der Waals surface area contributed by atoms with E-state index in [1.54, 1.807) is 0 Å². The van der Waals surface area contributed by atoms with Gasteiger partial charge in [0.05, 0.1) is 12.8 Å². The Bertz CT molecular complexity index is 540.